The Morgan fingerprint density at radius 1 is 1.10 bits per heavy atom. The highest BCUT2D eigenvalue weighted by molar-refractivity contribution is 5.79. The third kappa shape index (κ3) is 6.81. The number of guanidine groups is 1. The van der Waals surface area contributed by atoms with Gasteiger partial charge >= 0.3 is 0 Å². The second-order valence-electron chi connectivity index (χ2n) is 8.08. The number of methoxy groups -OCH3 is 1. The molecule has 1 aliphatic heterocycles. The van der Waals surface area contributed by atoms with Gasteiger partial charge in [-0.3, -0.25) is 4.99 Å². The van der Waals surface area contributed by atoms with Crippen molar-refractivity contribution in [3.05, 3.63) is 23.8 Å². The molecule has 1 saturated heterocycles. The first-order chi connectivity index (χ1) is 14.3. The van der Waals surface area contributed by atoms with Gasteiger partial charge in [-0.25, -0.2) is 0 Å². The average molecular weight is 403 g/mol. The molecule has 6 heteroatoms. The minimum atomic E-state index is 0.304. The maximum absolute atomic E-state index is 6.33. The van der Waals surface area contributed by atoms with E-state index in [-0.39, 0.29) is 0 Å². The van der Waals surface area contributed by atoms with Gasteiger partial charge in [0.1, 0.15) is 0 Å². The van der Waals surface area contributed by atoms with E-state index in [0.717, 1.165) is 48.8 Å². The van der Waals surface area contributed by atoms with Crippen LogP contribution in [0.4, 0.5) is 0 Å². The number of hydrogen-bond acceptors (Lipinski definition) is 4. The van der Waals surface area contributed by atoms with E-state index in [1.807, 2.05) is 19.2 Å². The van der Waals surface area contributed by atoms with E-state index in [2.05, 4.69) is 26.6 Å². The molecule has 2 aliphatic rings. The summed E-state index contributed by atoms with van der Waals surface area (Å²) < 4.78 is 11.9. The molecule has 0 aromatic heterocycles. The number of rotatable bonds is 10. The van der Waals surface area contributed by atoms with Crippen molar-refractivity contribution in [1.29, 1.82) is 0 Å². The van der Waals surface area contributed by atoms with E-state index in [1.165, 1.54) is 51.7 Å². The molecule has 6 nitrogen and oxygen atoms in total. The van der Waals surface area contributed by atoms with Crippen LogP contribution < -0.4 is 20.1 Å². The Morgan fingerprint density at radius 3 is 2.62 bits per heavy atom. The number of unbranched alkanes of at least 4 members (excludes halogenated alkanes) is 1. The van der Waals surface area contributed by atoms with Gasteiger partial charge in [-0.2, -0.15) is 0 Å². The summed E-state index contributed by atoms with van der Waals surface area (Å²) >= 11 is 0. The third-order valence-electron chi connectivity index (χ3n) is 5.93. The van der Waals surface area contributed by atoms with Crippen molar-refractivity contribution in [1.82, 2.24) is 15.5 Å². The summed E-state index contributed by atoms with van der Waals surface area (Å²) in [4.78, 5) is 6.94. The standard InChI is InChI=1S/C23H38N4O2/c1-24-23(25-14-5-6-15-27-16-7-8-17-27)26-18-19-10-9-13-21(28-2)22(19)29-20-11-3-4-12-20/h9-10,13,20H,3-8,11-12,14-18H2,1-2H3,(H2,24,25,26). The van der Waals surface area contributed by atoms with E-state index in [0.29, 0.717) is 12.6 Å². The SMILES string of the molecule is CN=C(NCCCCN1CCCC1)NCc1cccc(OC)c1OC1CCCC1. The lowest BCUT2D eigenvalue weighted by atomic mass is 10.1. The summed E-state index contributed by atoms with van der Waals surface area (Å²) in [5, 5.41) is 6.86. The van der Waals surface area contributed by atoms with E-state index in [4.69, 9.17) is 9.47 Å². The average Bonchev–Trinajstić information content (AvgIpc) is 3.45. The first-order valence-electron chi connectivity index (χ1n) is 11.3. The topological polar surface area (TPSA) is 58.1 Å². The molecule has 3 rings (SSSR count). The van der Waals surface area contributed by atoms with E-state index in [9.17, 15) is 0 Å². The summed E-state index contributed by atoms with van der Waals surface area (Å²) in [6.45, 7) is 5.38. The number of nitrogens with zero attached hydrogens (tertiary/aromatic N) is 2. The highest BCUT2D eigenvalue weighted by Crippen LogP contribution is 2.34. The maximum Gasteiger partial charge on any atom is 0.191 e. The van der Waals surface area contributed by atoms with Crippen molar-refractivity contribution in [2.24, 2.45) is 4.99 Å². The molecule has 0 unspecified atom stereocenters. The van der Waals surface area contributed by atoms with Crippen molar-refractivity contribution < 1.29 is 9.47 Å². The van der Waals surface area contributed by atoms with Crippen LogP contribution in [0.1, 0.15) is 56.9 Å². The highest BCUT2D eigenvalue weighted by atomic mass is 16.5. The fraction of sp³-hybridized carbons (Fsp3) is 0.696. The molecule has 0 bridgehead atoms. The van der Waals surface area contributed by atoms with Gasteiger partial charge in [-0.1, -0.05) is 12.1 Å². The summed E-state index contributed by atoms with van der Waals surface area (Å²) in [6, 6.07) is 6.09. The molecule has 1 aromatic rings. The summed E-state index contributed by atoms with van der Waals surface area (Å²) in [5.74, 6) is 2.51. The molecule has 0 atom stereocenters. The molecule has 1 saturated carbocycles. The van der Waals surface area contributed by atoms with Gasteiger partial charge in [0.15, 0.2) is 17.5 Å². The predicted molar refractivity (Wildman–Crippen MR) is 119 cm³/mol. The first-order valence-corrected chi connectivity index (χ1v) is 11.3. The van der Waals surface area contributed by atoms with Crippen LogP contribution in [-0.2, 0) is 6.54 Å². The Morgan fingerprint density at radius 2 is 1.90 bits per heavy atom. The molecule has 2 fully saturated rings. The lowest BCUT2D eigenvalue weighted by Gasteiger charge is -2.20. The highest BCUT2D eigenvalue weighted by Gasteiger charge is 2.20. The Labute approximate surface area is 176 Å². The van der Waals surface area contributed by atoms with Crippen LogP contribution in [0.5, 0.6) is 11.5 Å². The number of ether oxygens (including phenoxy) is 2. The number of likely N-dealkylation sites (tertiary alicyclic amines) is 1. The number of para-hydroxylation sites is 1. The number of benzene rings is 1. The normalized spacial score (nSPS) is 18.2. The smallest absolute Gasteiger partial charge is 0.191 e. The van der Waals surface area contributed by atoms with Crippen molar-refractivity contribution in [2.45, 2.75) is 64.0 Å². The van der Waals surface area contributed by atoms with E-state index < -0.39 is 0 Å². The zero-order chi connectivity index (χ0) is 20.3. The van der Waals surface area contributed by atoms with Gasteiger partial charge in [0.25, 0.3) is 0 Å². The van der Waals surface area contributed by atoms with Crippen LogP contribution in [0.2, 0.25) is 0 Å². The van der Waals surface area contributed by atoms with Gasteiger partial charge in [0, 0.05) is 25.7 Å². The molecule has 0 radical (unpaired) electrons. The van der Waals surface area contributed by atoms with Gasteiger partial charge in [-0.15, -0.1) is 0 Å². The molecular weight excluding hydrogens is 364 g/mol. The predicted octanol–water partition coefficient (Wildman–Crippen LogP) is 3.56. The Bertz CT molecular complexity index is 638. The summed E-state index contributed by atoms with van der Waals surface area (Å²) in [6.07, 6.45) is 10.2. The molecular formula is C23H38N4O2. The second kappa shape index (κ2) is 11.9. The molecule has 162 valence electrons. The zero-order valence-corrected chi connectivity index (χ0v) is 18.2. The Hall–Kier alpha value is -1.95. The van der Waals surface area contributed by atoms with E-state index in [1.54, 1.807) is 7.11 Å². The van der Waals surface area contributed by atoms with Crippen LogP contribution in [-0.4, -0.2) is 57.3 Å². The van der Waals surface area contributed by atoms with Gasteiger partial charge in [-0.05, 0) is 77.1 Å². The molecule has 1 heterocycles. The number of aliphatic imine (C=N–C) groups is 1. The number of hydrogen-bond donors (Lipinski definition) is 2. The van der Waals surface area contributed by atoms with Crippen molar-refractivity contribution in [2.75, 3.05) is 40.3 Å². The van der Waals surface area contributed by atoms with Gasteiger partial charge < -0.3 is 25.0 Å². The summed E-state index contributed by atoms with van der Waals surface area (Å²) in [5.41, 5.74) is 1.10. The van der Waals surface area contributed by atoms with Crippen LogP contribution in [0.15, 0.2) is 23.2 Å². The van der Waals surface area contributed by atoms with Crippen molar-refractivity contribution in [3.63, 3.8) is 0 Å². The molecule has 2 N–H and O–H groups in total. The lowest BCUT2D eigenvalue weighted by Crippen LogP contribution is -2.37. The Kier molecular flexibility index (Phi) is 8.93. The zero-order valence-electron chi connectivity index (χ0n) is 18.2. The van der Waals surface area contributed by atoms with Crippen LogP contribution in [0, 0.1) is 0 Å². The third-order valence-corrected chi connectivity index (χ3v) is 5.93. The second-order valence-corrected chi connectivity index (χ2v) is 8.08. The molecule has 29 heavy (non-hydrogen) atoms. The number of nitrogens with one attached hydrogen (secondary N) is 2. The van der Waals surface area contributed by atoms with Crippen molar-refractivity contribution >= 4 is 5.96 Å². The van der Waals surface area contributed by atoms with E-state index >= 15 is 0 Å². The summed E-state index contributed by atoms with van der Waals surface area (Å²) in [7, 11) is 3.53. The lowest BCUT2D eigenvalue weighted by molar-refractivity contribution is 0.198. The largest absolute Gasteiger partial charge is 0.493 e. The fourth-order valence-electron chi connectivity index (χ4n) is 4.24. The molecule has 0 spiro atoms. The minimum absolute atomic E-state index is 0.304. The van der Waals surface area contributed by atoms with Crippen molar-refractivity contribution in [3.8, 4) is 11.5 Å². The van der Waals surface area contributed by atoms with Crippen LogP contribution >= 0.6 is 0 Å². The first kappa shape index (κ1) is 21.8. The monoisotopic (exact) mass is 402 g/mol. The van der Waals surface area contributed by atoms with Crippen LogP contribution in [0.3, 0.4) is 0 Å². The minimum Gasteiger partial charge on any atom is -0.493 e. The Balaban J connectivity index is 1.45. The molecule has 0 amide bonds. The van der Waals surface area contributed by atoms with Crippen LogP contribution in [0.25, 0.3) is 0 Å². The molecule has 1 aliphatic carbocycles. The maximum atomic E-state index is 6.33. The van der Waals surface area contributed by atoms with Gasteiger partial charge in [0.05, 0.1) is 13.2 Å². The molecule has 1 aromatic carbocycles. The van der Waals surface area contributed by atoms with Gasteiger partial charge in [0.2, 0.25) is 0 Å². The fourth-order valence-corrected chi connectivity index (χ4v) is 4.24. The quantitative estimate of drug-likeness (QED) is 0.356.